The molecule has 0 aromatic carbocycles. The van der Waals surface area contributed by atoms with Crippen LogP contribution >= 0.6 is 0 Å². The number of rotatable bonds is 4. The second-order valence-corrected chi connectivity index (χ2v) is 3.67. The van der Waals surface area contributed by atoms with Crippen LogP contribution in [0.2, 0.25) is 0 Å². The maximum absolute atomic E-state index is 11.0. The highest BCUT2D eigenvalue weighted by atomic mass is 16.5. The third-order valence-electron chi connectivity index (χ3n) is 1.49. The van der Waals surface area contributed by atoms with Gasteiger partial charge in [0.2, 0.25) is 0 Å². The third-order valence-corrected chi connectivity index (χ3v) is 1.49. The second-order valence-electron chi connectivity index (χ2n) is 3.67. The van der Waals surface area contributed by atoms with Crippen molar-refractivity contribution in [1.29, 1.82) is 0 Å². The summed E-state index contributed by atoms with van der Waals surface area (Å²) in [5.74, 6) is 0.226. The minimum Gasteiger partial charge on any atom is -0.462 e. The van der Waals surface area contributed by atoms with E-state index in [0.29, 0.717) is 5.92 Å². The van der Waals surface area contributed by atoms with Crippen molar-refractivity contribution in [1.82, 2.24) is 0 Å². The summed E-state index contributed by atoms with van der Waals surface area (Å²) in [6.45, 7) is 7.71. The van der Waals surface area contributed by atoms with Crippen molar-refractivity contribution < 1.29 is 9.53 Å². The summed E-state index contributed by atoms with van der Waals surface area (Å²) in [4.78, 5) is 11.0. The Balaban J connectivity index is 3.69. The number of nitrogens with two attached hydrogens (primary N) is 1. The highest BCUT2D eigenvalue weighted by Crippen LogP contribution is 2.07. The number of hydrogen-bond donors (Lipinski definition) is 1. The van der Waals surface area contributed by atoms with Gasteiger partial charge in [-0.3, -0.25) is 4.79 Å². The van der Waals surface area contributed by atoms with Crippen LogP contribution in [-0.2, 0) is 9.53 Å². The molecule has 72 valence electrons. The van der Waals surface area contributed by atoms with E-state index in [4.69, 9.17) is 10.5 Å². The molecule has 0 aliphatic heterocycles. The Morgan fingerprint density at radius 3 is 2.17 bits per heavy atom. The molecule has 0 aliphatic rings. The van der Waals surface area contributed by atoms with Crippen LogP contribution in [0.3, 0.4) is 0 Å². The van der Waals surface area contributed by atoms with Gasteiger partial charge in [0.1, 0.15) is 6.04 Å². The molecule has 2 N–H and O–H groups in total. The Labute approximate surface area is 74.3 Å². The average molecular weight is 173 g/mol. The first kappa shape index (κ1) is 11.4. The minimum atomic E-state index is -0.514. The lowest BCUT2D eigenvalue weighted by molar-refractivity contribution is -0.149. The van der Waals surface area contributed by atoms with Crippen LogP contribution in [0.25, 0.3) is 0 Å². The van der Waals surface area contributed by atoms with Gasteiger partial charge >= 0.3 is 5.97 Å². The zero-order valence-corrected chi connectivity index (χ0v) is 8.33. The number of carbonyl (C=O) groups is 1. The van der Waals surface area contributed by atoms with Gasteiger partial charge in [-0.15, -0.1) is 0 Å². The lowest BCUT2D eigenvalue weighted by atomic mass is 10.1. The molecule has 0 fully saturated rings. The molecule has 0 aromatic heterocycles. The lowest BCUT2D eigenvalue weighted by Gasteiger charge is -2.16. The van der Waals surface area contributed by atoms with Gasteiger partial charge in [0.15, 0.2) is 0 Å². The summed E-state index contributed by atoms with van der Waals surface area (Å²) in [6, 6.07) is -0.514. The quantitative estimate of drug-likeness (QED) is 0.652. The van der Waals surface area contributed by atoms with Crippen LogP contribution in [0.1, 0.15) is 34.1 Å². The molecule has 2 atom stereocenters. The van der Waals surface area contributed by atoms with E-state index in [2.05, 4.69) is 13.8 Å². The zero-order chi connectivity index (χ0) is 9.72. The SMILES string of the molecule is CC(C)CC(C)OC(=O)[C@@H](C)N. The van der Waals surface area contributed by atoms with Gasteiger partial charge in [0.25, 0.3) is 0 Å². The van der Waals surface area contributed by atoms with Gasteiger partial charge in [-0.25, -0.2) is 0 Å². The first-order valence-electron chi connectivity index (χ1n) is 4.39. The Morgan fingerprint density at radius 2 is 1.83 bits per heavy atom. The van der Waals surface area contributed by atoms with Crippen LogP contribution in [0.15, 0.2) is 0 Å². The molecule has 3 heteroatoms. The Hall–Kier alpha value is -0.570. The van der Waals surface area contributed by atoms with Gasteiger partial charge in [-0.2, -0.15) is 0 Å². The van der Waals surface area contributed by atoms with Gasteiger partial charge in [0.05, 0.1) is 6.10 Å². The topological polar surface area (TPSA) is 52.3 Å². The first-order valence-corrected chi connectivity index (χ1v) is 4.39. The van der Waals surface area contributed by atoms with Crippen molar-refractivity contribution in [3.63, 3.8) is 0 Å². The van der Waals surface area contributed by atoms with Crippen LogP contribution in [0.5, 0.6) is 0 Å². The fraction of sp³-hybridized carbons (Fsp3) is 0.889. The number of esters is 1. The van der Waals surface area contributed by atoms with Gasteiger partial charge in [0, 0.05) is 0 Å². The summed E-state index contributed by atoms with van der Waals surface area (Å²) < 4.78 is 5.06. The van der Waals surface area contributed by atoms with E-state index in [1.54, 1.807) is 6.92 Å². The normalized spacial score (nSPS) is 15.8. The lowest BCUT2D eigenvalue weighted by Crippen LogP contribution is -2.31. The zero-order valence-electron chi connectivity index (χ0n) is 8.33. The Morgan fingerprint density at radius 1 is 1.33 bits per heavy atom. The predicted molar refractivity (Wildman–Crippen MR) is 48.7 cm³/mol. The second kappa shape index (κ2) is 5.14. The molecule has 1 unspecified atom stereocenters. The summed E-state index contributed by atoms with van der Waals surface area (Å²) >= 11 is 0. The van der Waals surface area contributed by atoms with Crippen LogP contribution in [-0.4, -0.2) is 18.1 Å². The van der Waals surface area contributed by atoms with Crippen LogP contribution in [0, 0.1) is 5.92 Å². The molecule has 0 spiro atoms. The number of ether oxygens (including phenoxy) is 1. The fourth-order valence-corrected chi connectivity index (χ4v) is 1.02. The number of hydrogen-bond acceptors (Lipinski definition) is 3. The van der Waals surface area contributed by atoms with Crippen molar-refractivity contribution in [2.24, 2.45) is 11.7 Å². The van der Waals surface area contributed by atoms with Gasteiger partial charge < -0.3 is 10.5 Å². The molecule has 0 aliphatic carbocycles. The van der Waals surface area contributed by atoms with Crippen molar-refractivity contribution >= 4 is 5.97 Å². The monoisotopic (exact) mass is 173 g/mol. The minimum absolute atomic E-state index is 0.0245. The number of carbonyl (C=O) groups excluding carboxylic acids is 1. The molecule has 0 saturated heterocycles. The molecule has 0 heterocycles. The van der Waals surface area contributed by atoms with Crippen LogP contribution < -0.4 is 5.73 Å². The molecule has 0 aromatic rings. The molecule has 0 radical (unpaired) electrons. The molecule has 0 amide bonds. The van der Waals surface area contributed by atoms with Gasteiger partial charge in [-0.1, -0.05) is 13.8 Å². The van der Waals surface area contributed by atoms with E-state index in [0.717, 1.165) is 6.42 Å². The molecule has 12 heavy (non-hydrogen) atoms. The smallest absolute Gasteiger partial charge is 0.322 e. The molecular weight excluding hydrogens is 154 g/mol. The highest BCUT2D eigenvalue weighted by molar-refractivity contribution is 5.75. The van der Waals surface area contributed by atoms with E-state index < -0.39 is 6.04 Å². The average Bonchev–Trinajstić information content (AvgIpc) is 1.84. The van der Waals surface area contributed by atoms with Crippen molar-refractivity contribution in [3.05, 3.63) is 0 Å². The molecular formula is C9H19NO2. The predicted octanol–water partition coefficient (Wildman–Crippen LogP) is 1.31. The Kier molecular flexibility index (Phi) is 4.90. The van der Waals surface area contributed by atoms with Crippen molar-refractivity contribution in [2.75, 3.05) is 0 Å². The largest absolute Gasteiger partial charge is 0.462 e. The standard InChI is InChI=1S/C9H19NO2/c1-6(2)5-7(3)12-9(11)8(4)10/h6-8H,5,10H2,1-4H3/t7?,8-/m1/s1. The van der Waals surface area contributed by atoms with Crippen molar-refractivity contribution in [3.8, 4) is 0 Å². The highest BCUT2D eigenvalue weighted by Gasteiger charge is 2.13. The summed E-state index contributed by atoms with van der Waals surface area (Å²) in [6.07, 6.45) is 0.863. The van der Waals surface area contributed by atoms with E-state index in [9.17, 15) is 4.79 Å². The third kappa shape index (κ3) is 5.13. The molecule has 0 rings (SSSR count). The van der Waals surface area contributed by atoms with E-state index >= 15 is 0 Å². The first-order chi connectivity index (χ1) is 5.43. The van der Waals surface area contributed by atoms with Crippen molar-refractivity contribution in [2.45, 2.75) is 46.3 Å². The van der Waals surface area contributed by atoms with E-state index in [1.165, 1.54) is 0 Å². The van der Waals surface area contributed by atoms with E-state index in [-0.39, 0.29) is 12.1 Å². The molecule has 0 bridgehead atoms. The van der Waals surface area contributed by atoms with Crippen LogP contribution in [0.4, 0.5) is 0 Å². The summed E-state index contributed by atoms with van der Waals surface area (Å²) in [7, 11) is 0. The van der Waals surface area contributed by atoms with E-state index in [1.807, 2.05) is 6.92 Å². The molecule has 0 saturated carbocycles. The van der Waals surface area contributed by atoms with Gasteiger partial charge in [-0.05, 0) is 26.2 Å². The summed E-state index contributed by atoms with van der Waals surface area (Å²) in [5, 5.41) is 0. The molecule has 3 nitrogen and oxygen atoms in total. The Bertz CT molecular complexity index is 143. The summed E-state index contributed by atoms with van der Waals surface area (Å²) in [5.41, 5.74) is 5.34. The maximum atomic E-state index is 11.0. The maximum Gasteiger partial charge on any atom is 0.322 e. The fourth-order valence-electron chi connectivity index (χ4n) is 1.02.